The summed E-state index contributed by atoms with van der Waals surface area (Å²) in [5.41, 5.74) is 1.13. The van der Waals surface area contributed by atoms with Gasteiger partial charge in [0.1, 0.15) is 11.5 Å². The van der Waals surface area contributed by atoms with Gasteiger partial charge in [-0.15, -0.1) is 0 Å². The fraction of sp³-hybridized carbons (Fsp3) is 0.273. The van der Waals surface area contributed by atoms with Crippen LogP contribution in [0.1, 0.15) is 5.56 Å². The molecular formula is C22H22ClFN2O4. The molecule has 1 heterocycles. The minimum atomic E-state index is -0.519. The van der Waals surface area contributed by atoms with E-state index in [1.54, 1.807) is 43.4 Å². The Morgan fingerprint density at radius 1 is 0.933 bits per heavy atom. The molecule has 2 amide bonds. The molecule has 0 radical (unpaired) electrons. The maximum Gasteiger partial charge on any atom is 0.282 e. The van der Waals surface area contributed by atoms with Gasteiger partial charge in [-0.3, -0.25) is 9.59 Å². The first kappa shape index (κ1) is 22.0. The summed E-state index contributed by atoms with van der Waals surface area (Å²) in [5, 5.41) is 0.277. The number of imide groups is 1. The van der Waals surface area contributed by atoms with Crippen LogP contribution in [0.4, 0.5) is 10.1 Å². The number of carbonyl (C=O) groups excluding carboxylic acids is 2. The molecular weight excluding hydrogens is 411 g/mol. The van der Waals surface area contributed by atoms with Gasteiger partial charge in [0.15, 0.2) is 0 Å². The van der Waals surface area contributed by atoms with E-state index in [-0.39, 0.29) is 16.3 Å². The van der Waals surface area contributed by atoms with Crippen molar-refractivity contribution in [1.29, 1.82) is 0 Å². The van der Waals surface area contributed by atoms with Crippen LogP contribution in [-0.2, 0) is 19.1 Å². The zero-order chi connectivity index (χ0) is 21.7. The highest BCUT2D eigenvalue weighted by atomic mass is 35.5. The Kier molecular flexibility index (Phi) is 7.20. The fourth-order valence-electron chi connectivity index (χ4n) is 3.28. The van der Waals surface area contributed by atoms with Gasteiger partial charge in [0.25, 0.3) is 11.8 Å². The number of carbonyl (C=O) groups is 2. The van der Waals surface area contributed by atoms with E-state index in [1.807, 2.05) is 0 Å². The summed E-state index contributed by atoms with van der Waals surface area (Å²) < 4.78 is 23.8. The second-order valence-corrected chi connectivity index (χ2v) is 7.01. The van der Waals surface area contributed by atoms with Crippen molar-refractivity contribution in [3.05, 3.63) is 70.6 Å². The van der Waals surface area contributed by atoms with Crippen LogP contribution in [0.15, 0.2) is 54.2 Å². The number of ether oxygens (including phenoxy) is 2. The van der Waals surface area contributed by atoms with Gasteiger partial charge in [0, 0.05) is 27.3 Å². The van der Waals surface area contributed by atoms with Gasteiger partial charge in [-0.1, -0.05) is 35.9 Å². The second-order valence-electron chi connectivity index (χ2n) is 6.60. The number of hydrogen-bond acceptors (Lipinski definition) is 5. The van der Waals surface area contributed by atoms with Gasteiger partial charge in [-0.2, -0.15) is 0 Å². The first-order valence-electron chi connectivity index (χ1n) is 9.36. The zero-order valence-electron chi connectivity index (χ0n) is 16.7. The summed E-state index contributed by atoms with van der Waals surface area (Å²) >= 11 is 6.28. The normalized spacial score (nSPS) is 14.1. The van der Waals surface area contributed by atoms with Crippen LogP contribution in [0, 0.1) is 5.82 Å². The van der Waals surface area contributed by atoms with Gasteiger partial charge in [-0.25, -0.2) is 9.29 Å². The molecule has 6 nitrogen and oxygen atoms in total. The molecule has 0 spiro atoms. The third-order valence-electron chi connectivity index (χ3n) is 4.73. The zero-order valence-corrected chi connectivity index (χ0v) is 17.5. The topological polar surface area (TPSA) is 59.1 Å². The highest BCUT2D eigenvalue weighted by molar-refractivity contribution is 6.47. The summed E-state index contributed by atoms with van der Waals surface area (Å²) in [4.78, 5) is 29.7. The third kappa shape index (κ3) is 4.38. The predicted octanol–water partition coefficient (Wildman–Crippen LogP) is 3.36. The molecule has 1 aliphatic heterocycles. The van der Waals surface area contributed by atoms with E-state index in [2.05, 4.69) is 0 Å². The van der Waals surface area contributed by atoms with Crippen molar-refractivity contribution in [2.75, 3.05) is 45.4 Å². The smallest absolute Gasteiger partial charge is 0.282 e. The Bertz CT molecular complexity index is 954. The van der Waals surface area contributed by atoms with Gasteiger partial charge >= 0.3 is 0 Å². The van der Waals surface area contributed by atoms with Crippen molar-refractivity contribution in [2.45, 2.75) is 0 Å². The average molecular weight is 433 g/mol. The van der Waals surface area contributed by atoms with E-state index < -0.39 is 17.6 Å². The van der Waals surface area contributed by atoms with Crippen molar-refractivity contribution < 1.29 is 23.5 Å². The van der Waals surface area contributed by atoms with Crippen LogP contribution in [0.5, 0.6) is 0 Å². The van der Waals surface area contributed by atoms with Crippen LogP contribution in [0.2, 0.25) is 5.02 Å². The maximum atomic E-state index is 13.5. The van der Waals surface area contributed by atoms with E-state index >= 15 is 0 Å². The number of benzene rings is 2. The van der Waals surface area contributed by atoms with E-state index in [1.165, 1.54) is 24.3 Å². The first-order chi connectivity index (χ1) is 14.5. The highest BCUT2D eigenvalue weighted by Crippen LogP contribution is 2.37. The molecule has 2 aromatic carbocycles. The number of halogens is 2. The third-order valence-corrected chi connectivity index (χ3v) is 5.05. The fourth-order valence-corrected chi connectivity index (χ4v) is 3.50. The number of anilines is 1. The number of nitrogens with zero attached hydrogens (tertiary/aromatic N) is 2. The molecule has 8 heteroatoms. The standard InChI is InChI=1S/C22H22ClFN2O4/c1-29-13-11-25(12-14-30-2)20-19(15-7-9-16(24)10-8-15)21(27)26(22(20)28)18-6-4-3-5-17(18)23/h3-10H,11-14H2,1-2H3. The van der Waals surface area contributed by atoms with Crippen LogP contribution < -0.4 is 4.90 Å². The summed E-state index contributed by atoms with van der Waals surface area (Å²) in [6.45, 7) is 1.43. The van der Waals surface area contributed by atoms with E-state index in [0.29, 0.717) is 37.6 Å². The molecule has 3 rings (SSSR count). The quantitative estimate of drug-likeness (QED) is 0.569. The lowest BCUT2D eigenvalue weighted by molar-refractivity contribution is -0.120. The Balaban J connectivity index is 2.14. The first-order valence-corrected chi connectivity index (χ1v) is 9.73. The number of para-hydroxylation sites is 1. The van der Waals surface area contributed by atoms with E-state index in [9.17, 15) is 14.0 Å². The van der Waals surface area contributed by atoms with Gasteiger partial charge in [0.2, 0.25) is 0 Å². The van der Waals surface area contributed by atoms with Gasteiger partial charge in [-0.05, 0) is 29.8 Å². The van der Waals surface area contributed by atoms with Crippen molar-refractivity contribution in [3.8, 4) is 0 Å². The molecule has 1 aliphatic rings. The second kappa shape index (κ2) is 9.84. The monoisotopic (exact) mass is 432 g/mol. The minimum Gasteiger partial charge on any atom is -0.383 e. The Hall–Kier alpha value is -2.74. The molecule has 2 aromatic rings. The molecule has 0 unspecified atom stereocenters. The summed E-state index contributed by atoms with van der Waals surface area (Å²) in [5.74, 6) is -1.45. The Morgan fingerprint density at radius 2 is 1.53 bits per heavy atom. The summed E-state index contributed by atoms with van der Waals surface area (Å²) in [6.07, 6.45) is 0. The molecule has 0 bridgehead atoms. The Morgan fingerprint density at radius 3 is 2.10 bits per heavy atom. The molecule has 0 saturated heterocycles. The average Bonchev–Trinajstić information content (AvgIpc) is 2.99. The summed E-state index contributed by atoms with van der Waals surface area (Å²) in [6, 6.07) is 12.1. The SMILES string of the molecule is COCCN(CCOC)C1=C(c2ccc(F)cc2)C(=O)N(c2ccccc2Cl)C1=O. The largest absolute Gasteiger partial charge is 0.383 e. The lowest BCUT2D eigenvalue weighted by Gasteiger charge is -2.25. The van der Waals surface area contributed by atoms with Crippen molar-refractivity contribution >= 4 is 34.7 Å². The van der Waals surface area contributed by atoms with Crippen LogP contribution >= 0.6 is 11.6 Å². The number of amides is 2. The van der Waals surface area contributed by atoms with Crippen LogP contribution in [0.25, 0.3) is 5.57 Å². The molecule has 0 saturated carbocycles. The van der Waals surface area contributed by atoms with Gasteiger partial charge in [0.05, 0.1) is 29.5 Å². The molecule has 0 N–H and O–H groups in total. The van der Waals surface area contributed by atoms with Gasteiger partial charge < -0.3 is 14.4 Å². The van der Waals surface area contributed by atoms with E-state index in [4.69, 9.17) is 21.1 Å². The van der Waals surface area contributed by atoms with E-state index in [0.717, 1.165) is 4.90 Å². The van der Waals surface area contributed by atoms with Crippen molar-refractivity contribution in [1.82, 2.24) is 4.90 Å². The summed E-state index contributed by atoms with van der Waals surface area (Å²) in [7, 11) is 3.11. The van der Waals surface area contributed by atoms with Crippen LogP contribution in [-0.4, -0.2) is 57.2 Å². The lowest BCUT2D eigenvalue weighted by Crippen LogP contribution is -2.37. The highest BCUT2D eigenvalue weighted by Gasteiger charge is 2.43. The maximum absolute atomic E-state index is 13.5. The predicted molar refractivity (Wildman–Crippen MR) is 113 cm³/mol. The molecule has 158 valence electrons. The number of rotatable bonds is 9. The molecule has 0 aromatic heterocycles. The van der Waals surface area contributed by atoms with Crippen LogP contribution in [0.3, 0.4) is 0 Å². The molecule has 0 aliphatic carbocycles. The molecule has 30 heavy (non-hydrogen) atoms. The molecule has 0 atom stereocenters. The number of methoxy groups -OCH3 is 2. The lowest BCUT2D eigenvalue weighted by atomic mass is 10.0. The molecule has 0 fully saturated rings. The van der Waals surface area contributed by atoms with Crippen molar-refractivity contribution in [2.24, 2.45) is 0 Å². The minimum absolute atomic E-state index is 0.187. The van der Waals surface area contributed by atoms with Crippen molar-refractivity contribution in [3.63, 3.8) is 0 Å². The number of hydrogen-bond donors (Lipinski definition) is 0. The Labute approximate surface area is 179 Å².